The van der Waals surface area contributed by atoms with Crippen molar-refractivity contribution in [2.45, 2.75) is 12.1 Å². The van der Waals surface area contributed by atoms with Gasteiger partial charge in [0.1, 0.15) is 0 Å². The van der Waals surface area contributed by atoms with Gasteiger partial charge in [0.2, 0.25) is 11.4 Å². The number of alkyl halides is 1. The maximum absolute atomic E-state index is 13.8. The smallest absolute Gasteiger partial charge is 0.343 e. The Morgan fingerprint density at radius 2 is 2.29 bits per heavy atom. The van der Waals surface area contributed by atoms with E-state index in [-0.39, 0.29) is 18.7 Å². The first-order valence-electron chi connectivity index (χ1n) is 4.88. The van der Waals surface area contributed by atoms with Gasteiger partial charge in [0.25, 0.3) is 5.91 Å². The van der Waals surface area contributed by atoms with Crippen LogP contribution in [0.25, 0.3) is 0 Å². The summed E-state index contributed by atoms with van der Waals surface area (Å²) in [6, 6.07) is 1.54. The number of carboxylic acids is 1. The fraction of sp³-hybridized carbons (Fsp3) is 0.400. The van der Waals surface area contributed by atoms with Crippen molar-refractivity contribution in [3.05, 3.63) is 22.6 Å². The standard InChI is InChI=1S/C10H9BrFNO4/c11-6-1-4-17-7(6)8(14)13-3-2-10(12,5-13)9(15)16/h1,4H,2-3,5H2,(H,15,16). The molecular weight excluding hydrogens is 297 g/mol. The number of hydrogen-bond acceptors (Lipinski definition) is 3. The van der Waals surface area contributed by atoms with Crippen molar-refractivity contribution in [1.29, 1.82) is 0 Å². The Kier molecular flexibility index (Phi) is 2.94. The van der Waals surface area contributed by atoms with E-state index < -0.39 is 24.1 Å². The Morgan fingerprint density at radius 1 is 1.59 bits per heavy atom. The molecule has 2 heterocycles. The van der Waals surface area contributed by atoms with Gasteiger partial charge in [0.05, 0.1) is 17.3 Å². The molecule has 0 radical (unpaired) electrons. The highest BCUT2D eigenvalue weighted by Gasteiger charge is 2.47. The summed E-state index contributed by atoms with van der Waals surface area (Å²) in [7, 11) is 0. The van der Waals surface area contributed by atoms with E-state index in [1.165, 1.54) is 6.26 Å². The molecule has 0 aromatic carbocycles. The number of aliphatic carboxylic acids is 1. The molecule has 1 fully saturated rings. The summed E-state index contributed by atoms with van der Waals surface area (Å²) in [4.78, 5) is 23.7. The number of furan rings is 1. The number of carbonyl (C=O) groups excluding carboxylic acids is 1. The summed E-state index contributed by atoms with van der Waals surface area (Å²) in [5.41, 5.74) is -2.35. The van der Waals surface area contributed by atoms with Gasteiger partial charge in [-0.25, -0.2) is 9.18 Å². The number of carboxylic acid groups (broad SMARTS) is 1. The van der Waals surface area contributed by atoms with Crippen LogP contribution in [0.2, 0.25) is 0 Å². The summed E-state index contributed by atoms with van der Waals surface area (Å²) in [6.07, 6.45) is 1.12. The van der Waals surface area contributed by atoms with E-state index in [1.807, 2.05) is 0 Å². The molecule has 2 rings (SSSR count). The van der Waals surface area contributed by atoms with Crippen molar-refractivity contribution >= 4 is 27.8 Å². The third-order valence-corrected chi connectivity index (χ3v) is 3.33. The molecule has 1 atom stereocenters. The van der Waals surface area contributed by atoms with Gasteiger partial charge in [-0.2, -0.15) is 0 Å². The quantitative estimate of drug-likeness (QED) is 0.902. The molecule has 1 aliphatic heterocycles. The molecular formula is C10H9BrFNO4. The maximum Gasteiger partial charge on any atom is 0.343 e. The summed E-state index contributed by atoms with van der Waals surface area (Å²) in [5.74, 6) is -1.99. The van der Waals surface area contributed by atoms with Gasteiger partial charge in [-0.05, 0) is 22.0 Å². The second-order valence-corrected chi connectivity index (χ2v) is 4.70. The fourth-order valence-corrected chi connectivity index (χ4v) is 2.08. The van der Waals surface area contributed by atoms with Gasteiger partial charge >= 0.3 is 5.97 Å². The molecule has 0 saturated carbocycles. The molecule has 1 unspecified atom stereocenters. The lowest BCUT2D eigenvalue weighted by Gasteiger charge is -2.16. The van der Waals surface area contributed by atoms with E-state index in [1.54, 1.807) is 6.07 Å². The molecule has 0 bridgehead atoms. The van der Waals surface area contributed by atoms with Gasteiger partial charge in [-0.15, -0.1) is 0 Å². The molecule has 0 aliphatic carbocycles. The summed E-state index contributed by atoms with van der Waals surface area (Å²) < 4.78 is 19.2. The van der Waals surface area contributed by atoms with Crippen molar-refractivity contribution in [3.63, 3.8) is 0 Å². The molecule has 17 heavy (non-hydrogen) atoms. The van der Waals surface area contributed by atoms with E-state index in [9.17, 15) is 14.0 Å². The number of nitrogens with zero attached hydrogens (tertiary/aromatic N) is 1. The molecule has 0 spiro atoms. The fourth-order valence-electron chi connectivity index (χ4n) is 1.71. The molecule has 1 aromatic heterocycles. The first kappa shape index (κ1) is 12.1. The van der Waals surface area contributed by atoms with E-state index in [4.69, 9.17) is 9.52 Å². The van der Waals surface area contributed by atoms with Gasteiger partial charge in [-0.3, -0.25) is 4.79 Å². The Balaban J connectivity index is 2.15. The van der Waals surface area contributed by atoms with Crippen molar-refractivity contribution in [2.75, 3.05) is 13.1 Å². The van der Waals surface area contributed by atoms with Crippen LogP contribution in [0.5, 0.6) is 0 Å². The second-order valence-electron chi connectivity index (χ2n) is 3.84. The van der Waals surface area contributed by atoms with Gasteiger partial charge in [0.15, 0.2) is 0 Å². The van der Waals surface area contributed by atoms with E-state index in [2.05, 4.69) is 15.9 Å². The summed E-state index contributed by atoms with van der Waals surface area (Å²) in [5, 5.41) is 8.71. The van der Waals surface area contributed by atoms with Crippen LogP contribution in [0.1, 0.15) is 17.0 Å². The topological polar surface area (TPSA) is 70.8 Å². The third kappa shape index (κ3) is 2.06. The highest BCUT2D eigenvalue weighted by atomic mass is 79.9. The molecule has 7 heteroatoms. The lowest BCUT2D eigenvalue weighted by molar-refractivity contribution is -0.149. The number of amides is 1. The van der Waals surface area contributed by atoms with E-state index >= 15 is 0 Å². The average molecular weight is 306 g/mol. The summed E-state index contributed by atoms with van der Waals surface area (Å²) >= 11 is 3.12. The van der Waals surface area contributed by atoms with Gasteiger partial charge in [-0.1, -0.05) is 0 Å². The number of hydrogen-bond donors (Lipinski definition) is 1. The molecule has 1 aliphatic rings. The molecule has 1 aromatic rings. The predicted molar refractivity (Wildman–Crippen MR) is 58.4 cm³/mol. The normalized spacial score (nSPS) is 24.0. The zero-order valence-electron chi connectivity index (χ0n) is 8.65. The monoisotopic (exact) mass is 305 g/mol. The molecule has 1 amide bonds. The number of carbonyl (C=O) groups is 2. The molecule has 92 valence electrons. The average Bonchev–Trinajstić information content (AvgIpc) is 2.85. The maximum atomic E-state index is 13.8. The van der Waals surface area contributed by atoms with Crippen molar-refractivity contribution in [1.82, 2.24) is 4.90 Å². The van der Waals surface area contributed by atoms with E-state index in [0.717, 1.165) is 4.90 Å². The largest absolute Gasteiger partial charge is 0.479 e. The zero-order chi connectivity index (χ0) is 12.6. The van der Waals surface area contributed by atoms with Crippen LogP contribution >= 0.6 is 15.9 Å². The minimum atomic E-state index is -2.35. The van der Waals surface area contributed by atoms with Crippen molar-refractivity contribution in [3.8, 4) is 0 Å². The Bertz CT molecular complexity index is 475. The first-order chi connectivity index (χ1) is 7.94. The highest BCUT2D eigenvalue weighted by Crippen LogP contribution is 2.28. The predicted octanol–water partition coefficient (Wildman–Crippen LogP) is 1.68. The Hall–Kier alpha value is -1.37. The third-order valence-electron chi connectivity index (χ3n) is 2.70. The Labute approximate surface area is 104 Å². The first-order valence-corrected chi connectivity index (χ1v) is 5.68. The zero-order valence-corrected chi connectivity index (χ0v) is 10.2. The van der Waals surface area contributed by atoms with Crippen molar-refractivity contribution in [2.24, 2.45) is 0 Å². The van der Waals surface area contributed by atoms with Gasteiger partial charge < -0.3 is 14.4 Å². The lowest BCUT2D eigenvalue weighted by atomic mass is 10.1. The van der Waals surface area contributed by atoms with E-state index in [0.29, 0.717) is 4.47 Å². The second kappa shape index (κ2) is 4.14. The van der Waals surface area contributed by atoms with Crippen LogP contribution in [0, 0.1) is 0 Å². The number of halogens is 2. The van der Waals surface area contributed by atoms with Crippen LogP contribution in [0.15, 0.2) is 21.2 Å². The minimum Gasteiger partial charge on any atom is -0.479 e. The van der Waals surface area contributed by atoms with Crippen LogP contribution in [0.4, 0.5) is 4.39 Å². The van der Waals surface area contributed by atoms with Crippen LogP contribution < -0.4 is 0 Å². The molecule has 1 saturated heterocycles. The lowest BCUT2D eigenvalue weighted by Crippen LogP contribution is -2.38. The number of rotatable bonds is 2. The number of likely N-dealkylation sites (tertiary alicyclic amines) is 1. The molecule has 1 N–H and O–H groups in total. The van der Waals surface area contributed by atoms with Gasteiger partial charge in [0, 0.05) is 13.0 Å². The highest BCUT2D eigenvalue weighted by molar-refractivity contribution is 9.10. The van der Waals surface area contributed by atoms with Crippen LogP contribution in [-0.4, -0.2) is 40.6 Å². The van der Waals surface area contributed by atoms with Crippen molar-refractivity contribution < 1.29 is 23.5 Å². The minimum absolute atomic E-state index is 0.0552. The Morgan fingerprint density at radius 3 is 2.76 bits per heavy atom. The molecule has 5 nitrogen and oxygen atoms in total. The SMILES string of the molecule is O=C(c1occc1Br)N1CCC(F)(C(=O)O)C1. The van der Waals surface area contributed by atoms with Crippen LogP contribution in [0.3, 0.4) is 0 Å². The summed E-state index contributed by atoms with van der Waals surface area (Å²) in [6.45, 7) is -0.386. The van der Waals surface area contributed by atoms with Crippen LogP contribution in [-0.2, 0) is 4.79 Å².